The molecule has 7 heteroatoms. The van der Waals surface area contributed by atoms with Crippen LogP contribution in [0.5, 0.6) is 0 Å². The molecule has 0 saturated heterocycles. The van der Waals surface area contributed by atoms with Crippen molar-refractivity contribution >= 4 is 0 Å². The number of hydrogen-bond donors (Lipinski definition) is 1. The van der Waals surface area contributed by atoms with Crippen molar-refractivity contribution in [2.75, 3.05) is 0 Å². The van der Waals surface area contributed by atoms with Crippen molar-refractivity contribution in [3.8, 4) is 0 Å². The Bertz CT molecular complexity index is 14.4. The van der Waals surface area contributed by atoms with Gasteiger partial charge in [0.05, 0.1) is 0 Å². The van der Waals surface area contributed by atoms with Crippen molar-refractivity contribution in [3.63, 3.8) is 0 Å². The fourth-order valence-electron chi connectivity index (χ4n) is 0. The minimum atomic E-state index is -2.60. The summed E-state index contributed by atoms with van der Waals surface area (Å²) in [5, 5.41) is 0. The largest absolute Gasteiger partial charge is 2.00 e. The molecule has 0 aliphatic heterocycles. The van der Waals surface area contributed by atoms with Crippen LogP contribution >= 0.6 is 0 Å². The van der Waals surface area contributed by atoms with Crippen LogP contribution in [0.2, 0.25) is 0 Å². The van der Waals surface area contributed by atoms with E-state index in [1.54, 1.807) is 0 Å². The van der Waals surface area contributed by atoms with E-state index in [2.05, 4.69) is 0 Å². The molecule has 7 heavy (non-hydrogen) atoms. The molecule has 0 aliphatic carbocycles. The third kappa shape index (κ3) is 67.3. The molecule has 4 nitrogen and oxygen atoms in total. The summed E-state index contributed by atoms with van der Waals surface area (Å²) >= 11 is 0. The first-order valence-corrected chi connectivity index (χ1v) is 1.43. The zero-order valence-electron chi connectivity index (χ0n) is 4.05. The van der Waals surface area contributed by atoms with Gasteiger partial charge in [-0.05, 0) is 0 Å². The zero-order chi connectivity index (χ0) is 3.58. The Hall–Kier alpha value is 2.13. The first-order chi connectivity index (χ1) is 1.73. The molecule has 1 N–H and O–H groups in total. The Morgan fingerprint density at radius 1 is 1.14 bits per heavy atom. The normalized spacial score (nSPS) is 5.14. The second-order valence-corrected chi connectivity index (χ2v) is 0.603. The third-order valence-corrected chi connectivity index (χ3v) is 0. The minimum Gasteiger partial charge on any atom is -2.00 e. The average Bonchev–Trinajstić information content (AvgIpc) is 0.811. The molecule has 0 unspecified atom stereocenters. The molecule has 0 bridgehead atoms. The molecule has 0 atom stereocenters. The van der Waals surface area contributed by atoms with Crippen molar-refractivity contribution in [1.29, 1.82) is 0 Å². The van der Waals surface area contributed by atoms with Crippen LogP contribution in [0, 0.1) is 10.8 Å². The quantitative estimate of drug-likeness (QED) is 0.344. The van der Waals surface area contributed by atoms with E-state index in [1.165, 1.54) is 0 Å². The molecular formula is HClNa2O4. The molecule has 0 aromatic carbocycles. The molecule has 0 aromatic rings. The molecule has 0 radical (unpaired) electrons. The summed E-state index contributed by atoms with van der Waals surface area (Å²) in [6, 6.07) is 0. The summed E-state index contributed by atoms with van der Waals surface area (Å²) in [6.45, 7) is 0. The Kier molecular flexibility index (Phi) is 51.4. The molecule has 0 rings (SSSR count). The van der Waals surface area contributed by atoms with Crippen molar-refractivity contribution in [2.24, 2.45) is 0 Å². The summed E-state index contributed by atoms with van der Waals surface area (Å²) in [5.41, 5.74) is 0. The van der Waals surface area contributed by atoms with Crippen LogP contribution in [0.15, 0.2) is 0 Å². The van der Waals surface area contributed by atoms with E-state index in [4.69, 9.17) is 14.0 Å². The Morgan fingerprint density at radius 3 is 1.14 bits per heavy atom. The maximum Gasteiger partial charge on any atom is 1.00 e. The van der Waals surface area contributed by atoms with Gasteiger partial charge in [-0.2, -0.15) is 0 Å². The summed E-state index contributed by atoms with van der Waals surface area (Å²) in [7, 11) is -2.60. The SMILES string of the molecule is [Na+].[Na+].[O-2].[O-][Cl+2]([O-])O. The van der Waals surface area contributed by atoms with Crippen LogP contribution in [0.3, 0.4) is 0 Å². The van der Waals surface area contributed by atoms with Crippen molar-refractivity contribution in [2.45, 2.75) is 0 Å². The minimum absolute atomic E-state index is 0. The first kappa shape index (κ1) is 22.9. The van der Waals surface area contributed by atoms with Crippen LogP contribution < -0.4 is 68.4 Å². The fourth-order valence-corrected chi connectivity index (χ4v) is 0. The van der Waals surface area contributed by atoms with E-state index in [-0.39, 0.29) is 64.6 Å². The van der Waals surface area contributed by atoms with E-state index in [9.17, 15) is 0 Å². The molecular weight excluding hydrogens is 145 g/mol. The summed E-state index contributed by atoms with van der Waals surface area (Å²) in [4.78, 5) is 0. The molecule has 0 fully saturated rings. The molecule has 0 heterocycles. The van der Waals surface area contributed by atoms with Crippen LogP contribution in [-0.2, 0) is 5.48 Å². The number of halogens is 1. The summed E-state index contributed by atoms with van der Waals surface area (Å²) < 4.78 is 24.0. The molecule has 0 saturated carbocycles. The molecule has 0 aliphatic rings. The van der Waals surface area contributed by atoms with E-state index >= 15 is 0 Å². The topological polar surface area (TPSA) is 94.9 Å². The van der Waals surface area contributed by atoms with Gasteiger partial charge in [0, 0.05) is 4.66 Å². The monoisotopic (exact) mass is 146 g/mol. The Balaban J connectivity index is -0.0000000150. The summed E-state index contributed by atoms with van der Waals surface area (Å²) in [5.74, 6) is 0. The maximum atomic E-state index is 8.52. The number of rotatable bonds is 0. The molecule has 0 aromatic heterocycles. The maximum absolute atomic E-state index is 8.52. The predicted octanol–water partition coefficient (Wildman–Crippen LogP) is -9.05. The van der Waals surface area contributed by atoms with Gasteiger partial charge in [-0.15, -0.1) is 0 Å². The van der Waals surface area contributed by atoms with Gasteiger partial charge in [0.15, 0.2) is 0 Å². The van der Waals surface area contributed by atoms with E-state index in [0.717, 1.165) is 0 Å². The van der Waals surface area contributed by atoms with E-state index in [0.29, 0.717) is 0 Å². The Morgan fingerprint density at radius 2 is 1.14 bits per heavy atom. The van der Waals surface area contributed by atoms with Crippen LogP contribution in [0.4, 0.5) is 0 Å². The van der Waals surface area contributed by atoms with Crippen LogP contribution in [0.25, 0.3) is 0 Å². The predicted molar refractivity (Wildman–Crippen MR) is 2.91 cm³/mol. The second-order valence-electron chi connectivity index (χ2n) is 0.201. The van der Waals surface area contributed by atoms with Gasteiger partial charge in [-0.3, -0.25) is 0 Å². The van der Waals surface area contributed by atoms with E-state index < -0.39 is 10.8 Å². The van der Waals surface area contributed by atoms with Crippen molar-refractivity contribution in [3.05, 3.63) is 0 Å². The van der Waals surface area contributed by atoms with Gasteiger partial charge in [0.25, 0.3) is 10.8 Å². The first-order valence-electron chi connectivity index (χ1n) is 0.478. The van der Waals surface area contributed by atoms with Crippen molar-refractivity contribution in [1.82, 2.24) is 0 Å². The van der Waals surface area contributed by atoms with Gasteiger partial charge >= 0.3 is 59.1 Å². The van der Waals surface area contributed by atoms with Gasteiger partial charge < -0.3 is 14.8 Å². The average molecular weight is 146 g/mol. The Labute approximate surface area is 88.2 Å². The van der Waals surface area contributed by atoms with Gasteiger partial charge in [0.1, 0.15) is 0 Å². The second kappa shape index (κ2) is 15.7. The standard InChI is InChI=1S/ClHO3.2Na.O/c2-1(3)4;;;/h2H;;;/q;2*+1;-2. The third-order valence-electron chi connectivity index (χ3n) is 0. The molecule has 34 valence electrons. The zero-order valence-corrected chi connectivity index (χ0v) is 8.81. The molecule has 0 amide bonds. The van der Waals surface area contributed by atoms with Crippen LogP contribution in [0.1, 0.15) is 0 Å². The fraction of sp³-hybridized carbons (Fsp3) is 0. The molecule has 0 spiro atoms. The van der Waals surface area contributed by atoms with E-state index in [1.807, 2.05) is 0 Å². The van der Waals surface area contributed by atoms with Crippen LogP contribution in [-0.4, -0.2) is 4.66 Å². The van der Waals surface area contributed by atoms with Gasteiger partial charge in [-0.1, -0.05) is 0 Å². The smallest absolute Gasteiger partial charge is 1.00 e. The summed E-state index contributed by atoms with van der Waals surface area (Å²) in [6.07, 6.45) is 0. The van der Waals surface area contributed by atoms with Gasteiger partial charge in [0.2, 0.25) is 0 Å². The van der Waals surface area contributed by atoms with Crippen molar-refractivity contribution < 1.29 is 89.4 Å². The van der Waals surface area contributed by atoms with Gasteiger partial charge in [-0.25, -0.2) is 0 Å². The number of hydrogen-bond acceptors (Lipinski definition) is 3.